The summed E-state index contributed by atoms with van der Waals surface area (Å²) in [5, 5.41) is 0.788. The number of amidine groups is 1. The average molecular weight is 278 g/mol. The van der Waals surface area contributed by atoms with Gasteiger partial charge < -0.3 is 9.47 Å². The third-order valence-electron chi connectivity index (χ3n) is 3.18. The Bertz CT molecular complexity index is 571. The molecule has 0 fully saturated rings. The lowest BCUT2D eigenvalue weighted by Gasteiger charge is -2.31. The lowest BCUT2D eigenvalue weighted by Crippen LogP contribution is -2.41. The van der Waals surface area contributed by atoms with E-state index in [9.17, 15) is 4.79 Å². The van der Waals surface area contributed by atoms with Crippen molar-refractivity contribution in [1.82, 2.24) is 4.90 Å². The Morgan fingerprint density at radius 3 is 2.74 bits per heavy atom. The molecule has 3 rings (SSSR count). The molecule has 0 aromatic heterocycles. The highest BCUT2D eigenvalue weighted by Gasteiger charge is 2.32. The highest BCUT2D eigenvalue weighted by atomic mass is 32.2. The monoisotopic (exact) mass is 278 g/mol. The summed E-state index contributed by atoms with van der Waals surface area (Å²) in [5.74, 6) is 1.20. The molecule has 2 heterocycles. The highest BCUT2D eigenvalue weighted by molar-refractivity contribution is 8.14. The number of fused-ring (bicyclic) bond motifs is 2. The first kappa shape index (κ1) is 12.3. The maximum atomic E-state index is 12.5. The van der Waals surface area contributed by atoms with Crippen molar-refractivity contribution in [2.24, 2.45) is 4.99 Å². The van der Waals surface area contributed by atoms with Crippen molar-refractivity contribution in [3.05, 3.63) is 17.7 Å². The number of carbonyl (C=O) groups excluding carboxylic acids is 1. The molecule has 0 saturated heterocycles. The molecule has 1 aromatic carbocycles. The topological polar surface area (TPSA) is 51.1 Å². The van der Waals surface area contributed by atoms with Crippen LogP contribution in [0.4, 0.5) is 0 Å². The van der Waals surface area contributed by atoms with Crippen molar-refractivity contribution in [3.63, 3.8) is 0 Å². The molecule has 0 N–H and O–H groups in total. The molecule has 2 aliphatic heterocycles. The molecule has 1 aromatic rings. The zero-order chi connectivity index (χ0) is 13.4. The Hall–Kier alpha value is -1.69. The van der Waals surface area contributed by atoms with Gasteiger partial charge >= 0.3 is 0 Å². The van der Waals surface area contributed by atoms with Gasteiger partial charge in [-0.25, -0.2) is 0 Å². The van der Waals surface area contributed by atoms with Gasteiger partial charge in [0.25, 0.3) is 5.91 Å². The molecule has 6 heteroatoms. The maximum Gasteiger partial charge on any atom is 0.261 e. The van der Waals surface area contributed by atoms with Gasteiger partial charge in [-0.05, 0) is 18.6 Å². The van der Waals surface area contributed by atoms with E-state index in [0.717, 1.165) is 29.6 Å². The molecule has 0 saturated carbocycles. The highest BCUT2D eigenvalue weighted by Crippen LogP contribution is 2.40. The number of rotatable bonds is 2. The summed E-state index contributed by atoms with van der Waals surface area (Å²) < 4.78 is 10.5. The van der Waals surface area contributed by atoms with Crippen LogP contribution >= 0.6 is 11.8 Å². The number of methoxy groups -OCH3 is 2. The molecule has 0 atom stereocenters. The van der Waals surface area contributed by atoms with Crippen LogP contribution in [-0.4, -0.2) is 43.3 Å². The van der Waals surface area contributed by atoms with Crippen LogP contribution in [0.1, 0.15) is 16.8 Å². The second-order valence-corrected chi connectivity index (χ2v) is 5.29. The number of carbonyl (C=O) groups is 1. The van der Waals surface area contributed by atoms with Gasteiger partial charge in [0.1, 0.15) is 0 Å². The Labute approximate surface area is 115 Å². The van der Waals surface area contributed by atoms with Crippen LogP contribution in [0.2, 0.25) is 0 Å². The molecule has 0 aliphatic carbocycles. The average Bonchev–Trinajstić information content (AvgIpc) is 2.46. The fourth-order valence-corrected chi connectivity index (χ4v) is 3.28. The normalized spacial score (nSPS) is 17.5. The molecule has 0 bridgehead atoms. The second kappa shape index (κ2) is 4.77. The van der Waals surface area contributed by atoms with E-state index < -0.39 is 0 Å². The summed E-state index contributed by atoms with van der Waals surface area (Å²) in [4.78, 5) is 19.5. The number of hydrogen-bond acceptors (Lipinski definition) is 5. The molecular weight excluding hydrogens is 264 g/mol. The van der Waals surface area contributed by atoms with Crippen LogP contribution in [-0.2, 0) is 0 Å². The van der Waals surface area contributed by atoms with Crippen molar-refractivity contribution in [3.8, 4) is 11.5 Å². The summed E-state index contributed by atoms with van der Waals surface area (Å²) in [6, 6.07) is 3.58. The third-order valence-corrected chi connectivity index (χ3v) is 4.27. The van der Waals surface area contributed by atoms with E-state index in [-0.39, 0.29) is 5.91 Å². The molecule has 5 nitrogen and oxygen atoms in total. The van der Waals surface area contributed by atoms with Gasteiger partial charge in [-0.1, -0.05) is 11.8 Å². The zero-order valence-electron chi connectivity index (χ0n) is 10.8. The molecule has 0 unspecified atom stereocenters. The van der Waals surface area contributed by atoms with E-state index >= 15 is 0 Å². The van der Waals surface area contributed by atoms with E-state index in [1.807, 2.05) is 6.07 Å². The number of aliphatic imine (C=N–C) groups is 1. The van der Waals surface area contributed by atoms with Gasteiger partial charge in [-0.3, -0.25) is 14.7 Å². The van der Waals surface area contributed by atoms with Gasteiger partial charge in [-0.2, -0.15) is 0 Å². The van der Waals surface area contributed by atoms with E-state index in [1.165, 1.54) is 11.8 Å². The maximum absolute atomic E-state index is 12.5. The van der Waals surface area contributed by atoms with E-state index in [0.29, 0.717) is 17.1 Å². The van der Waals surface area contributed by atoms with Crippen molar-refractivity contribution < 1.29 is 14.3 Å². The zero-order valence-corrected chi connectivity index (χ0v) is 11.6. The van der Waals surface area contributed by atoms with Crippen LogP contribution in [0.5, 0.6) is 11.5 Å². The van der Waals surface area contributed by atoms with Crippen molar-refractivity contribution in [1.29, 1.82) is 0 Å². The van der Waals surface area contributed by atoms with Crippen LogP contribution in [0, 0.1) is 0 Å². The minimum absolute atomic E-state index is 0.00634. The van der Waals surface area contributed by atoms with E-state index in [1.54, 1.807) is 25.2 Å². The lowest BCUT2D eigenvalue weighted by molar-refractivity contribution is 0.0839. The number of hydrogen-bond donors (Lipinski definition) is 0. The van der Waals surface area contributed by atoms with Gasteiger partial charge in [0, 0.05) is 18.0 Å². The first-order chi connectivity index (χ1) is 9.24. The fourth-order valence-electron chi connectivity index (χ4n) is 2.22. The van der Waals surface area contributed by atoms with Gasteiger partial charge in [0.05, 0.1) is 19.8 Å². The minimum Gasteiger partial charge on any atom is -0.493 e. The molecule has 1 amide bonds. The Kier molecular flexibility index (Phi) is 3.10. The first-order valence-corrected chi connectivity index (χ1v) is 6.86. The van der Waals surface area contributed by atoms with Gasteiger partial charge in [0.2, 0.25) is 0 Å². The van der Waals surface area contributed by atoms with Crippen molar-refractivity contribution in [2.45, 2.75) is 11.3 Å². The molecular formula is C13H14N2O3S. The van der Waals surface area contributed by atoms with Gasteiger partial charge in [-0.15, -0.1) is 0 Å². The number of benzene rings is 1. The van der Waals surface area contributed by atoms with Gasteiger partial charge in [0.15, 0.2) is 16.7 Å². The number of nitrogens with zero attached hydrogens (tertiary/aromatic N) is 2. The standard InChI is InChI=1S/C13H14N2O3S/c1-17-9-6-8-11(7-10(9)18-2)19-13-14-4-3-5-15(13)12(8)16/h6-7H,3-5H2,1-2H3. The predicted octanol–water partition coefficient (Wildman–Crippen LogP) is 2.01. The summed E-state index contributed by atoms with van der Waals surface area (Å²) in [6.45, 7) is 1.52. The van der Waals surface area contributed by atoms with E-state index in [4.69, 9.17) is 9.47 Å². The Balaban J connectivity index is 2.10. The molecule has 2 aliphatic rings. The molecule has 0 spiro atoms. The van der Waals surface area contributed by atoms with Crippen molar-refractivity contribution >= 4 is 22.8 Å². The smallest absolute Gasteiger partial charge is 0.261 e. The summed E-state index contributed by atoms with van der Waals surface area (Å²) in [5.41, 5.74) is 0.656. The minimum atomic E-state index is -0.00634. The second-order valence-electron chi connectivity index (χ2n) is 4.28. The molecule has 19 heavy (non-hydrogen) atoms. The quantitative estimate of drug-likeness (QED) is 0.830. The van der Waals surface area contributed by atoms with Crippen molar-refractivity contribution in [2.75, 3.05) is 27.3 Å². The van der Waals surface area contributed by atoms with Crippen LogP contribution < -0.4 is 9.47 Å². The fraction of sp³-hybridized carbons (Fsp3) is 0.385. The third kappa shape index (κ3) is 1.96. The van der Waals surface area contributed by atoms with Crippen LogP contribution in [0.25, 0.3) is 0 Å². The largest absolute Gasteiger partial charge is 0.493 e. The number of amides is 1. The van der Waals surface area contributed by atoms with Crippen LogP contribution in [0.15, 0.2) is 22.0 Å². The number of thioether (sulfide) groups is 1. The summed E-state index contributed by atoms with van der Waals surface area (Å²) >= 11 is 1.51. The Morgan fingerprint density at radius 2 is 2.00 bits per heavy atom. The van der Waals surface area contributed by atoms with Crippen LogP contribution in [0.3, 0.4) is 0 Å². The Morgan fingerprint density at radius 1 is 1.26 bits per heavy atom. The number of ether oxygens (including phenoxy) is 2. The predicted molar refractivity (Wildman–Crippen MR) is 73.4 cm³/mol. The first-order valence-electron chi connectivity index (χ1n) is 6.05. The van der Waals surface area contributed by atoms with E-state index in [2.05, 4.69) is 4.99 Å². The summed E-state index contributed by atoms with van der Waals surface area (Å²) in [7, 11) is 3.16. The molecule has 0 radical (unpaired) electrons. The lowest BCUT2D eigenvalue weighted by atomic mass is 10.1. The summed E-state index contributed by atoms with van der Waals surface area (Å²) in [6.07, 6.45) is 0.915. The molecule has 100 valence electrons. The SMILES string of the molecule is COc1cc2c(cc1OC)C(=O)N1CCCN=C1S2.